The molecule has 0 radical (unpaired) electrons. The Morgan fingerprint density at radius 3 is 2.42 bits per heavy atom. The molecule has 0 amide bonds. The molecule has 0 spiro atoms. The Bertz CT molecular complexity index is 808. The lowest BCUT2D eigenvalue weighted by Crippen LogP contribution is -2.16. The van der Waals surface area contributed by atoms with Crippen LogP contribution in [-0.4, -0.2) is 21.3 Å². The summed E-state index contributed by atoms with van der Waals surface area (Å²) in [6, 6.07) is 10.7. The molecule has 0 aliphatic carbocycles. The van der Waals surface area contributed by atoms with Crippen LogP contribution in [-0.2, 0) is 0 Å². The zero-order valence-electron chi connectivity index (χ0n) is 12.2. The average Bonchev–Trinajstić information content (AvgIpc) is 2.56. The summed E-state index contributed by atoms with van der Waals surface area (Å²) in [5.74, 6) is 0.0268. The lowest BCUT2D eigenvalue weighted by Gasteiger charge is -2.10. The molecule has 0 atom stereocenters. The Balaban J connectivity index is 1.75. The molecule has 0 bridgehead atoms. The number of ether oxygens (including phenoxy) is 1. The van der Waals surface area contributed by atoms with Crippen LogP contribution in [0.5, 0.6) is 5.75 Å². The molecule has 0 aliphatic rings. The molecule has 2 heterocycles. The molecule has 1 aromatic carbocycles. The molecule has 2 aromatic heterocycles. The maximum atomic E-state index is 12.1. The molecule has 0 saturated heterocycles. The Kier molecular flexibility index (Phi) is 4.28. The van der Waals surface area contributed by atoms with Gasteiger partial charge in [0.1, 0.15) is 5.75 Å². The summed E-state index contributed by atoms with van der Waals surface area (Å²) in [6.07, 6.45) is 0.207. The van der Waals surface area contributed by atoms with Crippen LogP contribution >= 0.6 is 0 Å². The molecule has 5 nitrogen and oxygen atoms in total. The van der Waals surface area contributed by atoms with Crippen LogP contribution in [0.2, 0.25) is 0 Å². The number of anilines is 2. The Morgan fingerprint density at radius 2 is 1.75 bits per heavy atom. The minimum absolute atomic E-state index is 0.293. The van der Waals surface area contributed by atoms with Crippen LogP contribution in [0.15, 0.2) is 61.1 Å². The van der Waals surface area contributed by atoms with Crippen LogP contribution in [0.3, 0.4) is 0 Å². The zero-order valence-corrected chi connectivity index (χ0v) is 12.2. The van der Waals surface area contributed by atoms with Gasteiger partial charge in [0.15, 0.2) is 0 Å². The number of halogens is 3. The zero-order chi connectivity index (χ0) is 17.0. The van der Waals surface area contributed by atoms with Gasteiger partial charge in [-0.15, -0.1) is 13.2 Å². The molecule has 24 heavy (non-hydrogen) atoms. The van der Waals surface area contributed by atoms with E-state index in [1.807, 2.05) is 6.07 Å². The van der Waals surface area contributed by atoms with Crippen LogP contribution in [0, 0.1) is 0 Å². The third-order valence-electron chi connectivity index (χ3n) is 2.96. The summed E-state index contributed by atoms with van der Waals surface area (Å²) in [5, 5.41) is 2.92. The molecule has 122 valence electrons. The van der Waals surface area contributed by atoms with Crippen molar-refractivity contribution in [3.05, 3.63) is 61.1 Å². The number of hydrogen-bond acceptors (Lipinski definition) is 5. The first-order chi connectivity index (χ1) is 11.5. The minimum atomic E-state index is -4.71. The summed E-state index contributed by atoms with van der Waals surface area (Å²) >= 11 is 0. The Labute approximate surface area is 135 Å². The summed E-state index contributed by atoms with van der Waals surface area (Å²) in [5.41, 5.74) is 2.04. The van der Waals surface area contributed by atoms with Crippen molar-refractivity contribution in [2.75, 3.05) is 5.32 Å². The number of hydrogen-bond donors (Lipinski definition) is 1. The third-order valence-corrected chi connectivity index (χ3v) is 2.96. The van der Waals surface area contributed by atoms with Crippen molar-refractivity contribution in [2.45, 2.75) is 6.36 Å². The molecular formula is C16H11F3N4O. The Hall–Kier alpha value is -3.16. The average molecular weight is 332 g/mol. The minimum Gasteiger partial charge on any atom is -0.406 e. The maximum Gasteiger partial charge on any atom is 0.573 e. The first-order valence-corrected chi connectivity index (χ1v) is 6.86. The highest BCUT2D eigenvalue weighted by Crippen LogP contribution is 2.25. The normalized spacial score (nSPS) is 11.1. The van der Waals surface area contributed by atoms with Gasteiger partial charge >= 0.3 is 6.36 Å². The van der Waals surface area contributed by atoms with E-state index < -0.39 is 6.36 Å². The van der Waals surface area contributed by atoms with Crippen molar-refractivity contribution in [1.29, 1.82) is 0 Å². The lowest BCUT2D eigenvalue weighted by molar-refractivity contribution is -0.274. The van der Waals surface area contributed by atoms with Crippen molar-refractivity contribution in [1.82, 2.24) is 15.0 Å². The van der Waals surface area contributed by atoms with Gasteiger partial charge in [-0.05, 0) is 42.5 Å². The predicted octanol–water partition coefficient (Wildman–Crippen LogP) is 4.18. The van der Waals surface area contributed by atoms with Crippen molar-refractivity contribution in [2.24, 2.45) is 0 Å². The van der Waals surface area contributed by atoms with E-state index in [9.17, 15) is 13.2 Å². The maximum absolute atomic E-state index is 12.1. The number of pyridine rings is 1. The molecule has 0 fully saturated rings. The van der Waals surface area contributed by atoms with Crippen LogP contribution in [0.25, 0.3) is 11.3 Å². The molecular weight excluding hydrogens is 321 g/mol. The SMILES string of the molecule is FC(F)(F)Oc1ccc(Nc2nccc(-c3cccnc3)n2)cc1. The number of rotatable bonds is 4. The molecule has 3 aromatic rings. The van der Waals surface area contributed by atoms with E-state index >= 15 is 0 Å². The van der Waals surface area contributed by atoms with E-state index in [2.05, 4.69) is 25.0 Å². The standard InChI is InChI=1S/C16H11F3N4O/c17-16(18,19)24-13-5-3-12(4-6-13)22-15-21-9-7-14(23-15)11-2-1-8-20-10-11/h1-10H,(H,21,22,23). The van der Waals surface area contributed by atoms with Gasteiger partial charge in [0.05, 0.1) is 5.69 Å². The van der Waals surface area contributed by atoms with Gasteiger partial charge in [0, 0.05) is 29.8 Å². The summed E-state index contributed by atoms with van der Waals surface area (Å²) in [7, 11) is 0. The molecule has 1 N–H and O–H groups in total. The molecule has 8 heteroatoms. The highest BCUT2D eigenvalue weighted by Gasteiger charge is 2.30. The topological polar surface area (TPSA) is 59.9 Å². The number of alkyl halides is 3. The third kappa shape index (κ3) is 4.19. The second-order valence-electron chi connectivity index (χ2n) is 4.70. The lowest BCUT2D eigenvalue weighted by atomic mass is 10.2. The van der Waals surface area contributed by atoms with Gasteiger partial charge in [0.25, 0.3) is 0 Å². The number of benzene rings is 1. The second kappa shape index (κ2) is 6.53. The van der Waals surface area contributed by atoms with Crippen LogP contribution in [0.4, 0.5) is 24.8 Å². The van der Waals surface area contributed by atoms with Crippen molar-refractivity contribution < 1.29 is 17.9 Å². The second-order valence-corrected chi connectivity index (χ2v) is 4.70. The van der Waals surface area contributed by atoms with Gasteiger partial charge in [-0.25, -0.2) is 9.97 Å². The van der Waals surface area contributed by atoms with Gasteiger partial charge in [-0.1, -0.05) is 0 Å². The molecule has 0 saturated carbocycles. The fraction of sp³-hybridized carbons (Fsp3) is 0.0625. The quantitative estimate of drug-likeness (QED) is 0.776. The molecule has 0 unspecified atom stereocenters. The molecule has 0 aliphatic heterocycles. The molecule has 3 rings (SSSR count). The highest BCUT2D eigenvalue weighted by atomic mass is 19.4. The number of nitrogens with zero attached hydrogens (tertiary/aromatic N) is 3. The van der Waals surface area contributed by atoms with Gasteiger partial charge in [0.2, 0.25) is 5.95 Å². The Morgan fingerprint density at radius 1 is 0.958 bits per heavy atom. The van der Waals surface area contributed by atoms with E-state index in [4.69, 9.17) is 0 Å². The fourth-order valence-electron chi connectivity index (χ4n) is 1.96. The summed E-state index contributed by atoms with van der Waals surface area (Å²) < 4.78 is 40.2. The first kappa shape index (κ1) is 15.7. The van der Waals surface area contributed by atoms with Crippen molar-refractivity contribution in [3.63, 3.8) is 0 Å². The van der Waals surface area contributed by atoms with Gasteiger partial charge in [-0.3, -0.25) is 4.98 Å². The van der Waals surface area contributed by atoms with Crippen molar-refractivity contribution >= 4 is 11.6 Å². The fourth-order valence-corrected chi connectivity index (χ4v) is 1.96. The number of nitrogens with one attached hydrogen (secondary N) is 1. The predicted molar refractivity (Wildman–Crippen MR) is 81.7 cm³/mol. The van der Waals surface area contributed by atoms with Gasteiger partial charge in [-0.2, -0.15) is 0 Å². The van der Waals surface area contributed by atoms with E-state index in [-0.39, 0.29) is 5.75 Å². The van der Waals surface area contributed by atoms with E-state index in [0.717, 1.165) is 5.56 Å². The summed E-state index contributed by atoms with van der Waals surface area (Å²) in [6.45, 7) is 0. The monoisotopic (exact) mass is 332 g/mol. The van der Waals surface area contributed by atoms with Gasteiger partial charge < -0.3 is 10.1 Å². The number of aromatic nitrogens is 3. The summed E-state index contributed by atoms with van der Waals surface area (Å²) in [4.78, 5) is 12.5. The van der Waals surface area contributed by atoms with Crippen LogP contribution < -0.4 is 10.1 Å². The first-order valence-electron chi connectivity index (χ1n) is 6.86. The van der Waals surface area contributed by atoms with E-state index in [0.29, 0.717) is 17.3 Å². The largest absolute Gasteiger partial charge is 0.573 e. The van der Waals surface area contributed by atoms with E-state index in [1.165, 1.54) is 24.3 Å². The van der Waals surface area contributed by atoms with Crippen LogP contribution in [0.1, 0.15) is 0 Å². The highest BCUT2D eigenvalue weighted by molar-refractivity contribution is 5.61. The smallest absolute Gasteiger partial charge is 0.406 e. The van der Waals surface area contributed by atoms with E-state index in [1.54, 1.807) is 30.7 Å². The van der Waals surface area contributed by atoms with Crippen molar-refractivity contribution in [3.8, 4) is 17.0 Å².